The molecule has 2 heterocycles. The number of halogens is 1. The molecule has 1 aromatic carbocycles. The van der Waals surface area contributed by atoms with Crippen molar-refractivity contribution in [3.63, 3.8) is 0 Å². The van der Waals surface area contributed by atoms with E-state index < -0.39 is 0 Å². The fourth-order valence-electron chi connectivity index (χ4n) is 2.36. The zero-order chi connectivity index (χ0) is 11.7. The summed E-state index contributed by atoms with van der Waals surface area (Å²) in [5.74, 6) is 1.00. The van der Waals surface area contributed by atoms with Gasteiger partial charge in [-0.1, -0.05) is 18.2 Å². The summed E-state index contributed by atoms with van der Waals surface area (Å²) in [6.45, 7) is 3.04. The molecule has 1 aliphatic heterocycles. The molecule has 4 heteroatoms. The molecule has 1 aromatic heterocycles. The average molecular weight is 262 g/mol. The third kappa shape index (κ3) is 2.31. The van der Waals surface area contributed by atoms with Crippen molar-refractivity contribution in [2.24, 2.45) is 0 Å². The fourth-order valence-corrected chi connectivity index (χ4v) is 2.36. The van der Waals surface area contributed by atoms with Crippen molar-refractivity contribution in [3.8, 4) is 0 Å². The Morgan fingerprint density at radius 1 is 1.17 bits per heavy atom. The molecule has 0 N–H and O–H groups in total. The lowest BCUT2D eigenvalue weighted by atomic mass is 10.0. The highest BCUT2D eigenvalue weighted by molar-refractivity contribution is 5.85. The van der Waals surface area contributed by atoms with Gasteiger partial charge in [0.05, 0.1) is 0 Å². The van der Waals surface area contributed by atoms with Crippen molar-refractivity contribution in [2.45, 2.75) is 19.8 Å². The van der Waals surface area contributed by atoms with Crippen molar-refractivity contribution < 1.29 is 0 Å². The van der Waals surface area contributed by atoms with Crippen LogP contribution in [-0.2, 0) is 6.42 Å². The standard InChI is InChI=1S/C14H15N3.ClH/c1-11-9-14(16-10-15-11)17-8-4-6-12-5-2-3-7-13(12)17;/h2-3,5,7,9-10H,4,6,8H2,1H3;1H. The molecule has 94 valence electrons. The number of rotatable bonds is 1. The molecule has 0 unspecified atom stereocenters. The van der Waals surface area contributed by atoms with Crippen LogP contribution in [0, 0.1) is 6.92 Å². The normalized spacial score (nSPS) is 13.7. The van der Waals surface area contributed by atoms with Gasteiger partial charge in [0.15, 0.2) is 0 Å². The highest BCUT2D eigenvalue weighted by Crippen LogP contribution is 2.31. The van der Waals surface area contributed by atoms with Crippen LogP contribution in [0.1, 0.15) is 17.7 Å². The van der Waals surface area contributed by atoms with Crippen LogP contribution >= 0.6 is 12.4 Å². The molecular formula is C14H16ClN3. The van der Waals surface area contributed by atoms with Gasteiger partial charge in [-0.05, 0) is 31.4 Å². The summed E-state index contributed by atoms with van der Waals surface area (Å²) < 4.78 is 0. The fraction of sp³-hybridized carbons (Fsp3) is 0.286. The smallest absolute Gasteiger partial charge is 0.136 e. The van der Waals surface area contributed by atoms with E-state index in [-0.39, 0.29) is 12.4 Å². The van der Waals surface area contributed by atoms with Gasteiger partial charge in [0.25, 0.3) is 0 Å². The molecule has 0 saturated heterocycles. The van der Waals surface area contributed by atoms with Gasteiger partial charge in [-0.15, -0.1) is 12.4 Å². The molecule has 0 fully saturated rings. The van der Waals surface area contributed by atoms with Crippen LogP contribution in [0.4, 0.5) is 11.5 Å². The maximum Gasteiger partial charge on any atom is 0.136 e. The summed E-state index contributed by atoms with van der Waals surface area (Å²) in [4.78, 5) is 10.8. The Hall–Kier alpha value is -1.61. The molecule has 0 spiro atoms. The van der Waals surface area contributed by atoms with E-state index in [1.54, 1.807) is 6.33 Å². The Bertz CT molecular complexity index is 542. The van der Waals surface area contributed by atoms with Crippen LogP contribution < -0.4 is 4.90 Å². The maximum absolute atomic E-state index is 4.38. The Morgan fingerprint density at radius 2 is 2.00 bits per heavy atom. The summed E-state index contributed by atoms with van der Waals surface area (Å²) in [5.41, 5.74) is 3.71. The molecule has 2 aromatic rings. The summed E-state index contributed by atoms with van der Waals surface area (Å²) >= 11 is 0. The first kappa shape index (κ1) is 12.8. The zero-order valence-electron chi connectivity index (χ0n) is 10.3. The zero-order valence-corrected chi connectivity index (χ0v) is 11.2. The number of hydrogen-bond donors (Lipinski definition) is 0. The van der Waals surface area contributed by atoms with Gasteiger partial charge in [-0.3, -0.25) is 0 Å². The molecule has 0 aliphatic carbocycles. The van der Waals surface area contributed by atoms with Crippen molar-refractivity contribution in [1.29, 1.82) is 0 Å². The second kappa shape index (κ2) is 5.36. The number of benzene rings is 1. The molecule has 1 aliphatic rings. The minimum atomic E-state index is 0. The Kier molecular flexibility index (Phi) is 3.82. The Labute approximate surface area is 113 Å². The third-order valence-electron chi connectivity index (χ3n) is 3.18. The van der Waals surface area contributed by atoms with Gasteiger partial charge in [0.1, 0.15) is 12.1 Å². The first-order valence-electron chi connectivity index (χ1n) is 5.99. The van der Waals surface area contributed by atoms with E-state index in [9.17, 15) is 0 Å². The predicted molar refractivity (Wildman–Crippen MR) is 75.8 cm³/mol. The Balaban J connectivity index is 0.00000120. The van der Waals surface area contributed by atoms with Crippen molar-refractivity contribution in [2.75, 3.05) is 11.4 Å². The third-order valence-corrected chi connectivity index (χ3v) is 3.18. The molecule has 18 heavy (non-hydrogen) atoms. The lowest BCUT2D eigenvalue weighted by molar-refractivity contribution is 0.757. The molecule has 0 radical (unpaired) electrons. The molecule has 0 atom stereocenters. The second-order valence-electron chi connectivity index (χ2n) is 4.40. The van der Waals surface area contributed by atoms with Crippen LogP contribution in [-0.4, -0.2) is 16.5 Å². The SMILES string of the molecule is Cc1cc(N2CCCc3ccccc32)ncn1.Cl. The predicted octanol–water partition coefficient (Wildman–Crippen LogP) is 3.29. The highest BCUT2D eigenvalue weighted by atomic mass is 35.5. The molecule has 3 rings (SSSR count). The minimum Gasteiger partial charge on any atom is -0.326 e. The van der Waals surface area contributed by atoms with Crippen LogP contribution in [0.5, 0.6) is 0 Å². The second-order valence-corrected chi connectivity index (χ2v) is 4.40. The molecular weight excluding hydrogens is 246 g/mol. The van der Waals surface area contributed by atoms with E-state index in [4.69, 9.17) is 0 Å². The largest absolute Gasteiger partial charge is 0.326 e. The minimum absolute atomic E-state index is 0. The van der Waals surface area contributed by atoms with E-state index in [1.807, 2.05) is 13.0 Å². The van der Waals surface area contributed by atoms with Crippen molar-refractivity contribution >= 4 is 23.9 Å². The van der Waals surface area contributed by atoms with E-state index >= 15 is 0 Å². The lowest BCUT2D eigenvalue weighted by Crippen LogP contribution is -2.25. The molecule has 0 saturated carbocycles. The van der Waals surface area contributed by atoms with Gasteiger partial charge in [-0.2, -0.15) is 0 Å². The van der Waals surface area contributed by atoms with Gasteiger partial charge in [-0.25, -0.2) is 9.97 Å². The number of nitrogens with zero attached hydrogens (tertiary/aromatic N) is 3. The van der Waals surface area contributed by atoms with E-state index in [0.717, 1.165) is 24.5 Å². The maximum atomic E-state index is 4.38. The van der Waals surface area contributed by atoms with Crippen molar-refractivity contribution in [3.05, 3.63) is 47.9 Å². The quantitative estimate of drug-likeness (QED) is 0.789. The van der Waals surface area contributed by atoms with Gasteiger partial charge >= 0.3 is 0 Å². The lowest BCUT2D eigenvalue weighted by Gasteiger charge is -2.30. The van der Waals surface area contributed by atoms with Crippen LogP contribution in [0.2, 0.25) is 0 Å². The number of anilines is 2. The van der Waals surface area contributed by atoms with Crippen LogP contribution in [0.25, 0.3) is 0 Å². The summed E-state index contributed by atoms with van der Waals surface area (Å²) in [7, 11) is 0. The summed E-state index contributed by atoms with van der Waals surface area (Å²) in [5, 5.41) is 0. The highest BCUT2D eigenvalue weighted by Gasteiger charge is 2.18. The number of aromatic nitrogens is 2. The number of hydrogen-bond acceptors (Lipinski definition) is 3. The average Bonchev–Trinajstić information content (AvgIpc) is 2.38. The van der Waals surface area contributed by atoms with Crippen LogP contribution in [0.3, 0.4) is 0 Å². The van der Waals surface area contributed by atoms with E-state index in [2.05, 4.69) is 39.1 Å². The number of para-hydroxylation sites is 1. The molecule has 3 nitrogen and oxygen atoms in total. The molecule has 0 amide bonds. The summed E-state index contributed by atoms with van der Waals surface area (Å²) in [6, 6.07) is 10.6. The van der Waals surface area contributed by atoms with Crippen molar-refractivity contribution in [1.82, 2.24) is 9.97 Å². The first-order valence-corrected chi connectivity index (χ1v) is 5.99. The Morgan fingerprint density at radius 3 is 2.83 bits per heavy atom. The van der Waals surface area contributed by atoms with Crippen LogP contribution in [0.15, 0.2) is 36.7 Å². The van der Waals surface area contributed by atoms with E-state index in [0.29, 0.717) is 0 Å². The monoisotopic (exact) mass is 261 g/mol. The topological polar surface area (TPSA) is 29.0 Å². The number of fused-ring (bicyclic) bond motifs is 1. The van der Waals surface area contributed by atoms with Gasteiger partial charge < -0.3 is 4.90 Å². The molecule has 0 bridgehead atoms. The van der Waals surface area contributed by atoms with E-state index in [1.165, 1.54) is 17.7 Å². The number of aryl methyl sites for hydroxylation is 2. The van der Waals surface area contributed by atoms with Gasteiger partial charge in [0.2, 0.25) is 0 Å². The van der Waals surface area contributed by atoms with Gasteiger partial charge in [0, 0.05) is 24.0 Å². The summed E-state index contributed by atoms with van der Waals surface area (Å²) in [6.07, 6.45) is 3.98. The first-order chi connectivity index (χ1) is 8.34.